The molecular weight excluding hydrogens is 230 g/mol. The molecule has 1 aromatic rings. The van der Waals surface area contributed by atoms with Crippen LogP contribution in [-0.2, 0) is 0 Å². The lowest BCUT2D eigenvalue weighted by Gasteiger charge is -2.34. The maximum atomic E-state index is 3.80. The fraction of sp³-hybridized carbons (Fsp3) is 0.667. The van der Waals surface area contributed by atoms with E-state index in [1.807, 2.05) is 0 Å². The van der Waals surface area contributed by atoms with Crippen LogP contribution in [0.1, 0.15) is 63.1 Å². The van der Waals surface area contributed by atoms with Crippen molar-refractivity contribution in [2.24, 2.45) is 11.8 Å². The zero-order valence-electron chi connectivity index (χ0n) is 12.8. The number of hydrogen-bond donors (Lipinski definition) is 1. The molecule has 1 N–H and O–H groups in total. The normalized spacial score (nSPS) is 25.2. The summed E-state index contributed by atoms with van der Waals surface area (Å²) in [6.45, 7) is 8.00. The van der Waals surface area contributed by atoms with Crippen LogP contribution >= 0.6 is 0 Å². The number of hydrogen-bond acceptors (Lipinski definition) is 1. The summed E-state index contributed by atoms with van der Waals surface area (Å²) in [6, 6.07) is 9.63. The van der Waals surface area contributed by atoms with Gasteiger partial charge < -0.3 is 5.32 Å². The Balaban J connectivity index is 2.14. The molecule has 1 fully saturated rings. The van der Waals surface area contributed by atoms with Gasteiger partial charge in [-0.25, -0.2) is 0 Å². The quantitative estimate of drug-likeness (QED) is 0.796. The van der Waals surface area contributed by atoms with Gasteiger partial charge in [0.05, 0.1) is 0 Å². The number of nitrogens with one attached hydrogen (secondary N) is 1. The topological polar surface area (TPSA) is 12.0 Å². The monoisotopic (exact) mass is 259 g/mol. The highest BCUT2D eigenvalue weighted by Crippen LogP contribution is 2.37. The summed E-state index contributed by atoms with van der Waals surface area (Å²) in [6.07, 6.45) is 6.81. The van der Waals surface area contributed by atoms with Crippen molar-refractivity contribution < 1.29 is 0 Å². The Bertz CT molecular complexity index is 385. The zero-order valence-corrected chi connectivity index (χ0v) is 12.8. The summed E-state index contributed by atoms with van der Waals surface area (Å²) in [5.41, 5.74) is 2.87. The van der Waals surface area contributed by atoms with Crippen LogP contribution in [-0.4, -0.2) is 6.54 Å². The lowest BCUT2D eigenvalue weighted by molar-refractivity contribution is 0.223. The van der Waals surface area contributed by atoms with Crippen molar-refractivity contribution in [2.45, 2.75) is 58.9 Å². The lowest BCUT2D eigenvalue weighted by atomic mass is 9.76. The van der Waals surface area contributed by atoms with Gasteiger partial charge in [0.15, 0.2) is 0 Å². The van der Waals surface area contributed by atoms with E-state index in [9.17, 15) is 0 Å². The second kappa shape index (κ2) is 7.09. The summed E-state index contributed by atoms with van der Waals surface area (Å²) in [5.74, 6) is 1.71. The molecule has 0 aromatic heterocycles. The van der Waals surface area contributed by atoms with E-state index < -0.39 is 0 Å². The van der Waals surface area contributed by atoms with E-state index in [0.29, 0.717) is 6.04 Å². The molecule has 0 radical (unpaired) electrons. The second-order valence-electron chi connectivity index (χ2n) is 6.38. The van der Waals surface area contributed by atoms with Gasteiger partial charge in [-0.2, -0.15) is 0 Å². The third-order valence-corrected chi connectivity index (χ3v) is 4.46. The number of benzene rings is 1. The van der Waals surface area contributed by atoms with E-state index in [0.717, 1.165) is 18.4 Å². The van der Waals surface area contributed by atoms with Gasteiger partial charge in [-0.3, -0.25) is 0 Å². The Kier molecular flexibility index (Phi) is 5.45. The first-order valence-electron chi connectivity index (χ1n) is 8.00. The molecule has 0 aliphatic heterocycles. The van der Waals surface area contributed by atoms with Crippen molar-refractivity contribution >= 4 is 0 Å². The van der Waals surface area contributed by atoms with E-state index in [4.69, 9.17) is 0 Å². The minimum atomic E-state index is 0.558. The molecule has 1 aromatic carbocycles. The lowest BCUT2D eigenvalue weighted by Crippen LogP contribution is -2.31. The van der Waals surface area contributed by atoms with Crippen molar-refractivity contribution in [1.82, 2.24) is 5.32 Å². The SMILES string of the molecule is CCCNC(c1cccc(C)c1)C1CCCC(C)C1. The van der Waals surface area contributed by atoms with Gasteiger partial charge in [-0.15, -0.1) is 0 Å². The van der Waals surface area contributed by atoms with Crippen molar-refractivity contribution in [3.63, 3.8) is 0 Å². The predicted molar refractivity (Wildman–Crippen MR) is 83.3 cm³/mol. The Labute approximate surface area is 118 Å². The van der Waals surface area contributed by atoms with Crippen molar-refractivity contribution in [3.05, 3.63) is 35.4 Å². The molecule has 0 amide bonds. The summed E-state index contributed by atoms with van der Waals surface area (Å²) >= 11 is 0. The molecule has 1 heteroatoms. The summed E-state index contributed by atoms with van der Waals surface area (Å²) in [5, 5.41) is 3.80. The summed E-state index contributed by atoms with van der Waals surface area (Å²) in [4.78, 5) is 0. The van der Waals surface area contributed by atoms with E-state index in [1.54, 1.807) is 0 Å². The van der Waals surface area contributed by atoms with Crippen molar-refractivity contribution in [3.8, 4) is 0 Å². The standard InChI is InChI=1S/C18H29N/c1-4-11-19-18(16-9-5-7-14(2)12-16)17-10-6-8-15(3)13-17/h5,7,9,12,15,17-19H,4,6,8,10-11,13H2,1-3H3. The highest BCUT2D eigenvalue weighted by molar-refractivity contribution is 5.25. The third kappa shape index (κ3) is 4.07. The van der Waals surface area contributed by atoms with Crippen LogP contribution in [0.25, 0.3) is 0 Å². The highest BCUT2D eigenvalue weighted by Gasteiger charge is 2.27. The molecule has 1 nitrogen and oxygen atoms in total. The minimum Gasteiger partial charge on any atom is -0.310 e. The molecule has 0 spiro atoms. The van der Waals surface area contributed by atoms with Gasteiger partial charge in [-0.1, -0.05) is 56.5 Å². The largest absolute Gasteiger partial charge is 0.310 e. The van der Waals surface area contributed by atoms with Gasteiger partial charge in [0, 0.05) is 6.04 Å². The fourth-order valence-electron chi connectivity index (χ4n) is 3.50. The molecule has 1 aliphatic carbocycles. The van der Waals surface area contributed by atoms with Gasteiger partial charge >= 0.3 is 0 Å². The van der Waals surface area contributed by atoms with E-state index >= 15 is 0 Å². The predicted octanol–water partition coefficient (Wildman–Crippen LogP) is 4.86. The zero-order chi connectivity index (χ0) is 13.7. The second-order valence-corrected chi connectivity index (χ2v) is 6.38. The molecule has 0 bridgehead atoms. The Morgan fingerprint density at radius 3 is 2.84 bits per heavy atom. The van der Waals surface area contributed by atoms with E-state index in [2.05, 4.69) is 50.4 Å². The molecule has 1 aliphatic rings. The first-order valence-corrected chi connectivity index (χ1v) is 8.00. The molecule has 3 atom stereocenters. The van der Waals surface area contributed by atoms with Gasteiger partial charge in [0.2, 0.25) is 0 Å². The molecular formula is C18H29N. The van der Waals surface area contributed by atoms with Crippen LogP contribution < -0.4 is 5.32 Å². The first kappa shape index (κ1) is 14.6. The minimum absolute atomic E-state index is 0.558. The van der Waals surface area contributed by atoms with E-state index in [1.165, 1.54) is 43.2 Å². The van der Waals surface area contributed by atoms with Crippen LogP contribution in [0.5, 0.6) is 0 Å². The average Bonchev–Trinajstić information content (AvgIpc) is 2.39. The van der Waals surface area contributed by atoms with Crippen LogP contribution in [0.2, 0.25) is 0 Å². The average molecular weight is 259 g/mol. The van der Waals surface area contributed by atoms with Gasteiger partial charge in [0.1, 0.15) is 0 Å². The van der Waals surface area contributed by atoms with Crippen LogP contribution in [0.4, 0.5) is 0 Å². The molecule has 1 saturated carbocycles. The highest BCUT2D eigenvalue weighted by atomic mass is 14.9. The molecule has 0 saturated heterocycles. The smallest absolute Gasteiger partial charge is 0.0348 e. The third-order valence-electron chi connectivity index (χ3n) is 4.46. The van der Waals surface area contributed by atoms with Crippen LogP contribution in [0.15, 0.2) is 24.3 Å². The van der Waals surface area contributed by atoms with Crippen molar-refractivity contribution in [1.29, 1.82) is 0 Å². The molecule has 19 heavy (non-hydrogen) atoms. The van der Waals surface area contributed by atoms with Crippen LogP contribution in [0, 0.1) is 18.8 Å². The maximum absolute atomic E-state index is 3.80. The first-order chi connectivity index (χ1) is 9.20. The molecule has 2 rings (SSSR count). The number of rotatable bonds is 5. The number of aryl methyl sites for hydroxylation is 1. The summed E-state index contributed by atoms with van der Waals surface area (Å²) in [7, 11) is 0. The Hall–Kier alpha value is -0.820. The van der Waals surface area contributed by atoms with E-state index in [-0.39, 0.29) is 0 Å². The van der Waals surface area contributed by atoms with Gasteiger partial charge in [-0.05, 0) is 50.1 Å². The van der Waals surface area contributed by atoms with Crippen molar-refractivity contribution in [2.75, 3.05) is 6.54 Å². The Morgan fingerprint density at radius 2 is 2.16 bits per heavy atom. The molecule has 106 valence electrons. The molecule has 0 heterocycles. The maximum Gasteiger partial charge on any atom is 0.0348 e. The van der Waals surface area contributed by atoms with Gasteiger partial charge in [0.25, 0.3) is 0 Å². The Morgan fingerprint density at radius 1 is 1.32 bits per heavy atom. The molecule has 3 unspecified atom stereocenters. The van der Waals surface area contributed by atoms with Crippen LogP contribution in [0.3, 0.4) is 0 Å². The summed E-state index contributed by atoms with van der Waals surface area (Å²) < 4.78 is 0. The fourth-order valence-corrected chi connectivity index (χ4v) is 3.50.